The van der Waals surface area contributed by atoms with Crippen molar-refractivity contribution in [3.05, 3.63) is 34.5 Å². The molecule has 2 aliphatic heterocycles. The van der Waals surface area contributed by atoms with Crippen molar-refractivity contribution < 1.29 is 14.0 Å². The number of rotatable bonds is 3. The van der Waals surface area contributed by atoms with Crippen molar-refractivity contribution in [3.63, 3.8) is 0 Å². The van der Waals surface area contributed by atoms with E-state index in [9.17, 15) is 14.0 Å². The average molecular weight is 335 g/mol. The van der Waals surface area contributed by atoms with Crippen molar-refractivity contribution in [3.8, 4) is 0 Å². The fourth-order valence-corrected chi connectivity index (χ4v) is 3.58. The van der Waals surface area contributed by atoms with E-state index < -0.39 is 11.1 Å². The van der Waals surface area contributed by atoms with Gasteiger partial charge in [0.25, 0.3) is 11.1 Å². The average Bonchev–Trinajstić information content (AvgIpc) is 3.07. The quantitative estimate of drug-likeness (QED) is 0.859. The molecule has 0 aromatic heterocycles. The summed E-state index contributed by atoms with van der Waals surface area (Å²) in [7, 11) is 4.03. The molecule has 2 aliphatic rings. The molecule has 3 rings (SSSR count). The van der Waals surface area contributed by atoms with Crippen LogP contribution in [0.2, 0.25) is 0 Å². The van der Waals surface area contributed by atoms with Gasteiger partial charge in [-0.05, 0) is 44.4 Å². The maximum atomic E-state index is 14.4. The van der Waals surface area contributed by atoms with Gasteiger partial charge in [0.05, 0.1) is 10.6 Å². The molecule has 0 bridgehead atoms. The van der Waals surface area contributed by atoms with Crippen LogP contribution in [0.5, 0.6) is 0 Å². The second kappa shape index (κ2) is 6.33. The van der Waals surface area contributed by atoms with E-state index in [1.165, 1.54) is 6.07 Å². The Balaban J connectivity index is 1.94. The maximum Gasteiger partial charge on any atom is 0.290 e. The number of imide groups is 1. The van der Waals surface area contributed by atoms with E-state index >= 15 is 0 Å². The van der Waals surface area contributed by atoms with Gasteiger partial charge in [0, 0.05) is 24.7 Å². The van der Waals surface area contributed by atoms with Gasteiger partial charge >= 0.3 is 0 Å². The van der Waals surface area contributed by atoms with Gasteiger partial charge in [-0.2, -0.15) is 0 Å². The van der Waals surface area contributed by atoms with Crippen LogP contribution in [0.4, 0.5) is 14.9 Å². The number of carbonyl (C=O) groups excluding carboxylic acids is 2. The van der Waals surface area contributed by atoms with E-state index in [1.54, 1.807) is 18.2 Å². The molecule has 1 aromatic rings. The molecule has 122 valence electrons. The second-order valence-corrected chi connectivity index (χ2v) is 6.90. The molecule has 1 atom stereocenters. The molecule has 5 nitrogen and oxygen atoms in total. The van der Waals surface area contributed by atoms with Gasteiger partial charge in [0.2, 0.25) is 0 Å². The summed E-state index contributed by atoms with van der Waals surface area (Å²) < 4.78 is 14.4. The number of likely N-dealkylation sites (N-methyl/N-ethyl adjacent to an activating group) is 1. The summed E-state index contributed by atoms with van der Waals surface area (Å²) in [6.45, 7) is 1.50. The zero-order valence-corrected chi connectivity index (χ0v) is 13.8. The Morgan fingerprint density at radius 3 is 2.78 bits per heavy atom. The molecule has 0 spiro atoms. The Kier molecular flexibility index (Phi) is 4.41. The van der Waals surface area contributed by atoms with Crippen LogP contribution in [-0.4, -0.2) is 49.3 Å². The number of para-hydroxylation sites is 1. The van der Waals surface area contributed by atoms with Crippen molar-refractivity contribution >= 4 is 34.7 Å². The lowest BCUT2D eigenvalue weighted by Gasteiger charge is -2.23. The van der Waals surface area contributed by atoms with Gasteiger partial charge in [-0.3, -0.25) is 14.9 Å². The lowest BCUT2D eigenvalue weighted by Crippen LogP contribution is -2.32. The molecule has 23 heavy (non-hydrogen) atoms. The van der Waals surface area contributed by atoms with Crippen LogP contribution in [-0.2, 0) is 4.79 Å². The number of halogens is 1. The van der Waals surface area contributed by atoms with Crippen molar-refractivity contribution in [1.82, 2.24) is 10.2 Å². The van der Waals surface area contributed by atoms with E-state index in [0.29, 0.717) is 22.2 Å². The summed E-state index contributed by atoms with van der Waals surface area (Å²) in [5, 5.41) is 1.82. The van der Waals surface area contributed by atoms with Gasteiger partial charge in [-0.25, -0.2) is 4.39 Å². The molecule has 0 saturated carbocycles. The first-order chi connectivity index (χ1) is 11.0. The SMILES string of the molecule is CN(C)[C@H]1CCN(c2c(F)cccc2C=C2SC(=O)NC2=O)C1. The lowest BCUT2D eigenvalue weighted by atomic mass is 10.1. The molecule has 0 unspecified atom stereocenters. The second-order valence-electron chi connectivity index (χ2n) is 5.88. The molecule has 2 amide bonds. The molecule has 7 heteroatoms. The number of hydrogen-bond donors (Lipinski definition) is 1. The first-order valence-corrected chi connectivity index (χ1v) is 8.22. The molecule has 2 saturated heterocycles. The first-order valence-electron chi connectivity index (χ1n) is 7.40. The highest BCUT2D eigenvalue weighted by atomic mass is 32.2. The predicted molar refractivity (Wildman–Crippen MR) is 89.8 cm³/mol. The van der Waals surface area contributed by atoms with Gasteiger partial charge in [-0.15, -0.1) is 0 Å². The standard InChI is InChI=1S/C16H18FN3O2S/c1-19(2)11-6-7-20(9-11)14-10(4-3-5-12(14)17)8-13-15(21)18-16(22)23-13/h3-5,8,11H,6-7,9H2,1-2H3,(H,18,21,22)/t11-/m0/s1. The molecule has 2 heterocycles. The highest BCUT2D eigenvalue weighted by molar-refractivity contribution is 8.18. The van der Waals surface area contributed by atoms with E-state index in [2.05, 4.69) is 10.2 Å². The Hall–Kier alpha value is -1.86. The van der Waals surface area contributed by atoms with Crippen LogP contribution in [0.1, 0.15) is 12.0 Å². The number of amides is 2. The minimum atomic E-state index is -0.428. The summed E-state index contributed by atoms with van der Waals surface area (Å²) in [6, 6.07) is 5.18. The molecule has 1 aromatic carbocycles. The lowest BCUT2D eigenvalue weighted by molar-refractivity contribution is -0.115. The van der Waals surface area contributed by atoms with Crippen LogP contribution in [0, 0.1) is 5.82 Å². The maximum absolute atomic E-state index is 14.4. The normalized spacial score (nSPS) is 23.2. The number of nitrogens with one attached hydrogen (secondary N) is 1. The summed E-state index contributed by atoms with van der Waals surface area (Å²) in [4.78, 5) is 27.4. The minimum absolute atomic E-state index is 0.296. The van der Waals surface area contributed by atoms with E-state index in [1.807, 2.05) is 19.0 Å². The van der Waals surface area contributed by atoms with Crippen molar-refractivity contribution in [2.75, 3.05) is 32.1 Å². The van der Waals surface area contributed by atoms with E-state index in [4.69, 9.17) is 0 Å². The van der Waals surface area contributed by atoms with Gasteiger partial charge in [-0.1, -0.05) is 12.1 Å². The summed E-state index contributed by atoms with van der Waals surface area (Å²) >= 11 is 0.843. The number of thioether (sulfide) groups is 1. The number of benzene rings is 1. The topological polar surface area (TPSA) is 52.6 Å². The number of nitrogens with zero attached hydrogens (tertiary/aromatic N) is 2. The molecule has 0 aliphatic carbocycles. The largest absolute Gasteiger partial charge is 0.367 e. The molecule has 1 N–H and O–H groups in total. The van der Waals surface area contributed by atoms with Gasteiger partial charge < -0.3 is 9.80 Å². The Labute approximate surface area is 138 Å². The Morgan fingerprint density at radius 2 is 2.17 bits per heavy atom. The third-order valence-electron chi connectivity index (χ3n) is 4.16. The van der Waals surface area contributed by atoms with Crippen molar-refractivity contribution in [1.29, 1.82) is 0 Å². The van der Waals surface area contributed by atoms with Crippen LogP contribution in [0.15, 0.2) is 23.1 Å². The van der Waals surface area contributed by atoms with Crippen molar-refractivity contribution in [2.24, 2.45) is 0 Å². The van der Waals surface area contributed by atoms with E-state index in [0.717, 1.165) is 31.3 Å². The van der Waals surface area contributed by atoms with Gasteiger partial charge in [0.1, 0.15) is 5.82 Å². The number of hydrogen-bond acceptors (Lipinski definition) is 5. The van der Waals surface area contributed by atoms with Crippen LogP contribution < -0.4 is 10.2 Å². The number of carbonyl (C=O) groups is 2. The summed E-state index contributed by atoms with van der Waals surface area (Å²) in [5.74, 6) is -0.740. The molecule has 2 fully saturated rings. The fraction of sp³-hybridized carbons (Fsp3) is 0.375. The third-order valence-corrected chi connectivity index (χ3v) is 4.97. The van der Waals surface area contributed by atoms with Crippen LogP contribution in [0.25, 0.3) is 6.08 Å². The number of anilines is 1. The van der Waals surface area contributed by atoms with Crippen LogP contribution in [0.3, 0.4) is 0 Å². The molecular weight excluding hydrogens is 317 g/mol. The highest BCUT2D eigenvalue weighted by Gasteiger charge is 2.29. The Morgan fingerprint density at radius 1 is 1.39 bits per heavy atom. The zero-order valence-electron chi connectivity index (χ0n) is 13.0. The summed E-state index contributed by atoms with van der Waals surface area (Å²) in [5.41, 5.74) is 1.12. The van der Waals surface area contributed by atoms with Gasteiger partial charge in [0.15, 0.2) is 0 Å². The fourth-order valence-electron chi connectivity index (χ4n) is 2.91. The monoisotopic (exact) mass is 335 g/mol. The molecule has 0 radical (unpaired) electrons. The highest BCUT2D eigenvalue weighted by Crippen LogP contribution is 2.33. The third kappa shape index (κ3) is 3.25. The van der Waals surface area contributed by atoms with Crippen molar-refractivity contribution in [2.45, 2.75) is 12.5 Å². The first kappa shape index (κ1) is 16.0. The van der Waals surface area contributed by atoms with Crippen LogP contribution >= 0.6 is 11.8 Å². The smallest absolute Gasteiger partial charge is 0.290 e. The summed E-state index contributed by atoms with van der Waals surface area (Å²) in [6.07, 6.45) is 2.55. The predicted octanol–water partition coefficient (Wildman–Crippen LogP) is 2.29. The van der Waals surface area contributed by atoms with E-state index in [-0.39, 0.29) is 5.82 Å². The zero-order chi connectivity index (χ0) is 16.6. The minimum Gasteiger partial charge on any atom is -0.367 e. The Bertz CT molecular complexity index is 690. The molecular formula is C16H18FN3O2S.